The van der Waals surface area contributed by atoms with Gasteiger partial charge < -0.3 is 5.32 Å². The molecular weight excluding hydrogens is 274 g/mol. The van der Waals surface area contributed by atoms with Crippen molar-refractivity contribution in [2.45, 2.75) is 52.9 Å². The minimum Gasteiger partial charge on any atom is -0.307 e. The summed E-state index contributed by atoms with van der Waals surface area (Å²) in [6, 6.07) is 2.07. The highest BCUT2D eigenvalue weighted by molar-refractivity contribution is 5.85. The first kappa shape index (κ1) is 16.7. The van der Waals surface area contributed by atoms with Crippen molar-refractivity contribution in [1.29, 1.82) is 0 Å². The molecule has 0 aliphatic carbocycles. The van der Waals surface area contributed by atoms with Gasteiger partial charge in [-0.05, 0) is 18.9 Å². The van der Waals surface area contributed by atoms with Crippen molar-refractivity contribution >= 4 is 12.4 Å². The Hall–Kier alpha value is -1.33. The first-order valence-electron chi connectivity index (χ1n) is 7.06. The third kappa shape index (κ3) is 4.65. The number of hydrogen-bond acceptors (Lipinski definition) is 3. The topological polar surface area (TPSA) is 47.7 Å². The molecule has 0 saturated carbocycles. The summed E-state index contributed by atoms with van der Waals surface area (Å²) in [7, 11) is 0. The molecule has 0 amide bonds. The van der Waals surface area contributed by atoms with Crippen LogP contribution in [0.2, 0.25) is 0 Å². The maximum absolute atomic E-state index is 4.33. The summed E-state index contributed by atoms with van der Waals surface area (Å²) in [6.45, 7) is 8.00. The molecule has 0 aromatic carbocycles. The summed E-state index contributed by atoms with van der Waals surface area (Å²) in [6.07, 6.45) is 8.14. The second kappa shape index (κ2) is 8.76. The number of aryl methyl sites for hydroxylation is 2. The second-order valence-electron chi connectivity index (χ2n) is 4.76. The maximum Gasteiger partial charge on any atom is 0.0534 e. The highest BCUT2D eigenvalue weighted by Crippen LogP contribution is 2.02. The lowest BCUT2D eigenvalue weighted by Crippen LogP contribution is -2.16. The van der Waals surface area contributed by atoms with Crippen LogP contribution in [0.25, 0.3) is 0 Å². The standard InChI is InChI=1S/C14H23N5.ClH/c1-3-7-18-12-13(10-17-18)9-15-11-14-5-6-16-19(14)8-4-2;/h5-6,10,12,15H,3-4,7-9,11H2,1-2H3;1H. The summed E-state index contributed by atoms with van der Waals surface area (Å²) < 4.78 is 4.06. The number of rotatable bonds is 8. The summed E-state index contributed by atoms with van der Waals surface area (Å²) in [4.78, 5) is 0. The van der Waals surface area contributed by atoms with Crippen LogP contribution in [0.4, 0.5) is 0 Å². The number of hydrogen-bond donors (Lipinski definition) is 1. The van der Waals surface area contributed by atoms with Gasteiger partial charge in [-0.15, -0.1) is 12.4 Å². The molecule has 0 radical (unpaired) electrons. The number of nitrogens with one attached hydrogen (secondary N) is 1. The van der Waals surface area contributed by atoms with Crippen LogP contribution in [-0.4, -0.2) is 19.6 Å². The van der Waals surface area contributed by atoms with Crippen molar-refractivity contribution < 1.29 is 0 Å². The lowest BCUT2D eigenvalue weighted by Gasteiger charge is -2.06. The van der Waals surface area contributed by atoms with Crippen LogP contribution in [0.5, 0.6) is 0 Å². The zero-order chi connectivity index (χ0) is 13.5. The maximum atomic E-state index is 4.33. The van der Waals surface area contributed by atoms with E-state index in [1.54, 1.807) is 0 Å². The summed E-state index contributed by atoms with van der Waals surface area (Å²) in [5, 5.41) is 12.1. The Balaban J connectivity index is 0.00000200. The van der Waals surface area contributed by atoms with Gasteiger partial charge in [-0.2, -0.15) is 10.2 Å². The zero-order valence-corrected chi connectivity index (χ0v) is 13.1. The van der Waals surface area contributed by atoms with Gasteiger partial charge in [0.15, 0.2) is 0 Å². The van der Waals surface area contributed by atoms with Gasteiger partial charge in [0, 0.05) is 44.1 Å². The van der Waals surface area contributed by atoms with Crippen molar-refractivity contribution in [1.82, 2.24) is 24.9 Å². The molecule has 2 rings (SSSR count). The first-order valence-corrected chi connectivity index (χ1v) is 7.06. The fourth-order valence-electron chi connectivity index (χ4n) is 2.11. The summed E-state index contributed by atoms with van der Waals surface area (Å²) >= 11 is 0. The van der Waals surface area contributed by atoms with Crippen LogP contribution in [-0.2, 0) is 26.2 Å². The minimum absolute atomic E-state index is 0. The Kier molecular flexibility index (Phi) is 7.33. The third-order valence-corrected chi connectivity index (χ3v) is 3.01. The highest BCUT2D eigenvalue weighted by Gasteiger charge is 2.02. The number of aromatic nitrogens is 4. The van der Waals surface area contributed by atoms with E-state index < -0.39 is 0 Å². The molecule has 6 heteroatoms. The Bertz CT molecular complexity index is 491. The first-order chi connectivity index (χ1) is 9.33. The van der Waals surface area contributed by atoms with Crippen molar-refractivity contribution in [3.8, 4) is 0 Å². The molecule has 0 spiro atoms. The van der Waals surface area contributed by atoms with Crippen molar-refractivity contribution in [2.75, 3.05) is 0 Å². The van der Waals surface area contributed by atoms with Gasteiger partial charge in [0.2, 0.25) is 0 Å². The predicted molar refractivity (Wildman–Crippen MR) is 82.8 cm³/mol. The Morgan fingerprint density at radius 3 is 2.65 bits per heavy atom. The van der Waals surface area contributed by atoms with E-state index in [0.29, 0.717) is 0 Å². The molecule has 0 aliphatic rings. The average molecular weight is 298 g/mol. The van der Waals surface area contributed by atoms with Gasteiger partial charge in [-0.1, -0.05) is 13.8 Å². The van der Waals surface area contributed by atoms with Gasteiger partial charge in [-0.3, -0.25) is 9.36 Å². The minimum atomic E-state index is 0. The van der Waals surface area contributed by atoms with Gasteiger partial charge in [0.25, 0.3) is 0 Å². The normalized spacial score (nSPS) is 10.5. The predicted octanol–water partition coefficient (Wildman–Crippen LogP) is 2.61. The quantitative estimate of drug-likeness (QED) is 0.815. The smallest absolute Gasteiger partial charge is 0.0534 e. The fourth-order valence-corrected chi connectivity index (χ4v) is 2.11. The molecule has 2 heterocycles. The summed E-state index contributed by atoms with van der Waals surface area (Å²) in [5.74, 6) is 0. The monoisotopic (exact) mass is 297 g/mol. The van der Waals surface area contributed by atoms with Crippen LogP contribution in [0.15, 0.2) is 24.7 Å². The largest absolute Gasteiger partial charge is 0.307 e. The number of halogens is 1. The Morgan fingerprint density at radius 2 is 1.90 bits per heavy atom. The molecule has 0 atom stereocenters. The van der Waals surface area contributed by atoms with Gasteiger partial charge in [0.05, 0.1) is 11.9 Å². The SMILES string of the molecule is CCCn1cc(CNCc2ccnn2CCC)cn1.Cl. The van der Waals surface area contributed by atoms with E-state index in [0.717, 1.165) is 39.0 Å². The molecule has 20 heavy (non-hydrogen) atoms. The van der Waals surface area contributed by atoms with Gasteiger partial charge in [0.1, 0.15) is 0 Å². The zero-order valence-electron chi connectivity index (χ0n) is 12.2. The molecule has 0 aliphatic heterocycles. The Labute approximate surface area is 126 Å². The molecule has 0 fully saturated rings. The summed E-state index contributed by atoms with van der Waals surface area (Å²) in [5.41, 5.74) is 2.47. The van der Waals surface area contributed by atoms with E-state index in [4.69, 9.17) is 0 Å². The molecule has 2 aromatic rings. The molecule has 0 unspecified atom stereocenters. The molecule has 5 nitrogen and oxygen atoms in total. The van der Waals surface area contributed by atoms with E-state index >= 15 is 0 Å². The van der Waals surface area contributed by atoms with E-state index in [-0.39, 0.29) is 12.4 Å². The van der Waals surface area contributed by atoms with E-state index in [2.05, 4.69) is 46.3 Å². The Morgan fingerprint density at radius 1 is 1.10 bits per heavy atom. The molecule has 112 valence electrons. The van der Waals surface area contributed by atoms with E-state index in [1.165, 1.54) is 11.3 Å². The third-order valence-electron chi connectivity index (χ3n) is 3.01. The van der Waals surface area contributed by atoms with Crippen LogP contribution < -0.4 is 5.32 Å². The van der Waals surface area contributed by atoms with Crippen LogP contribution in [0.3, 0.4) is 0 Å². The van der Waals surface area contributed by atoms with Crippen LogP contribution in [0.1, 0.15) is 37.9 Å². The molecule has 1 N–H and O–H groups in total. The lowest BCUT2D eigenvalue weighted by molar-refractivity contribution is 0.549. The van der Waals surface area contributed by atoms with E-state index in [1.807, 2.05) is 17.1 Å². The molecule has 0 saturated heterocycles. The average Bonchev–Trinajstić information content (AvgIpc) is 3.01. The van der Waals surface area contributed by atoms with Gasteiger partial charge >= 0.3 is 0 Å². The van der Waals surface area contributed by atoms with Crippen molar-refractivity contribution in [2.24, 2.45) is 0 Å². The van der Waals surface area contributed by atoms with E-state index in [9.17, 15) is 0 Å². The fraction of sp³-hybridized carbons (Fsp3) is 0.571. The molecule has 2 aromatic heterocycles. The molecule has 0 bridgehead atoms. The van der Waals surface area contributed by atoms with Gasteiger partial charge in [-0.25, -0.2) is 0 Å². The van der Waals surface area contributed by atoms with Crippen LogP contribution >= 0.6 is 12.4 Å². The lowest BCUT2D eigenvalue weighted by atomic mass is 10.3. The van der Waals surface area contributed by atoms with Crippen LogP contribution in [0, 0.1) is 0 Å². The second-order valence-corrected chi connectivity index (χ2v) is 4.76. The van der Waals surface area contributed by atoms with Crippen molar-refractivity contribution in [3.05, 3.63) is 35.9 Å². The highest BCUT2D eigenvalue weighted by atomic mass is 35.5. The number of nitrogens with zero attached hydrogens (tertiary/aromatic N) is 4. The van der Waals surface area contributed by atoms with Crippen molar-refractivity contribution in [3.63, 3.8) is 0 Å². The molecular formula is C14H24ClN5.